The quantitative estimate of drug-likeness (QED) is 0.383. The molecular weight excluding hydrogens is 458 g/mol. The van der Waals surface area contributed by atoms with Crippen LogP contribution in [0.15, 0.2) is 52.6 Å². The van der Waals surface area contributed by atoms with E-state index in [1.54, 1.807) is 16.5 Å². The molecule has 0 unspecified atom stereocenters. The molecule has 0 bridgehead atoms. The first-order valence-electron chi connectivity index (χ1n) is 11.1. The number of nitrogens with zero attached hydrogens (tertiary/aromatic N) is 5. The molecule has 0 aliphatic carbocycles. The number of sulfonamides is 1. The number of aryl methyl sites for hydroxylation is 1. The second kappa shape index (κ2) is 11.1. The zero-order valence-electron chi connectivity index (χ0n) is 19.6. The van der Waals surface area contributed by atoms with Gasteiger partial charge in [-0.1, -0.05) is 62.4 Å². The van der Waals surface area contributed by atoms with Gasteiger partial charge in [0, 0.05) is 32.4 Å². The van der Waals surface area contributed by atoms with Crippen molar-refractivity contribution in [2.45, 2.75) is 50.7 Å². The van der Waals surface area contributed by atoms with Crippen molar-refractivity contribution < 1.29 is 13.2 Å². The topological polar surface area (TPSA) is 87.9 Å². The Morgan fingerprint density at radius 2 is 1.73 bits per heavy atom. The first-order valence-corrected chi connectivity index (χ1v) is 13.5. The van der Waals surface area contributed by atoms with Crippen LogP contribution in [0.1, 0.15) is 38.3 Å². The summed E-state index contributed by atoms with van der Waals surface area (Å²) < 4.78 is 28.8. The fourth-order valence-corrected chi connectivity index (χ4v) is 5.78. The van der Waals surface area contributed by atoms with Gasteiger partial charge in [-0.3, -0.25) is 9.20 Å². The lowest BCUT2D eigenvalue weighted by molar-refractivity contribution is -0.129. The van der Waals surface area contributed by atoms with Crippen LogP contribution < -0.4 is 0 Å². The number of carbonyl (C=O) groups is 1. The van der Waals surface area contributed by atoms with Crippen LogP contribution >= 0.6 is 11.8 Å². The number of fused-ring (bicyclic) bond motifs is 1. The number of aromatic nitrogens is 3. The maximum Gasteiger partial charge on any atom is 0.244 e. The molecule has 2 heterocycles. The van der Waals surface area contributed by atoms with Gasteiger partial charge in [-0.2, -0.15) is 4.31 Å². The smallest absolute Gasteiger partial charge is 0.244 e. The summed E-state index contributed by atoms with van der Waals surface area (Å²) in [4.78, 5) is 15.0. The first-order chi connectivity index (χ1) is 15.8. The maximum atomic E-state index is 13.0. The van der Waals surface area contributed by atoms with Crippen LogP contribution in [0.2, 0.25) is 0 Å². The molecule has 2 aromatic heterocycles. The van der Waals surface area contributed by atoms with Crippen molar-refractivity contribution in [2.24, 2.45) is 0 Å². The summed E-state index contributed by atoms with van der Waals surface area (Å²) in [5.41, 5.74) is 2.81. The zero-order valence-corrected chi connectivity index (χ0v) is 21.2. The molecule has 1 amide bonds. The van der Waals surface area contributed by atoms with E-state index >= 15 is 0 Å². The minimum atomic E-state index is -3.60. The zero-order chi connectivity index (χ0) is 24.0. The highest BCUT2D eigenvalue weighted by atomic mass is 32.2. The lowest BCUT2D eigenvalue weighted by atomic mass is 10.1. The van der Waals surface area contributed by atoms with E-state index in [-0.39, 0.29) is 16.6 Å². The summed E-state index contributed by atoms with van der Waals surface area (Å²) in [5, 5.41) is 8.78. The van der Waals surface area contributed by atoms with Crippen molar-refractivity contribution in [2.75, 3.05) is 25.4 Å². The van der Waals surface area contributed by atoms with Crippen LogP contribution in [0.4, 0.5) is 0 Å². The average Bonchev–Trinajstić information content (AvgIpc) is 3.21. The van der Waals surface area contributed by atoms with Gasteiger partial charge in [0.15, 0.2) is 10.8 Å². The Labute approximate surface area is 200 Å². The third-order valence-electron chi connectivity index (χ3n) is 5.35. The molecular formula is C23H31N5O3S2. The van der Waals surface area contributed by atoms with Gasteiger partial charge in [0.1, 0.15) is 0 Å². The van der Waals surface area contributed by atoms with Gasteiger partial charge in [-0.25, -0.2) is 8.42 Å². The standard InChI is InChI=1S/C23H31N5O3S2/c1-5-14-26(15-19-10-8-18(4)9-11-19)22(29)17-32-23-25-24-21-13-12-20(16-28(21)23)33(30,31)27(6-2)7-3/h8-13,16H,5-7,14-15,17H2,1-4H3. The Hall–Kier alpha value is -2.43. The van der Waals surface area contributed by atoms with Crippen LogP contribution in [-0.4, -0.2) is 63.5 Å². The lowest BCUT2D eigenvalue weighted by Gasteiger charge is -2.22. The number of rotatable bonds is 11. The Balaban J connectivity index is 1.76. The van der Waals surface area contributed by atoms with Gasteiger partial charge >= 0.3 is 0 Å². The first kappa shape index (κ1) is 25.2. The molecule has 0 saturated heterocycles. The Morgan fingerprint density at radius 1 is 1.03 bits per heavy atom. The number of thioether (sulfide) groups is 1. The predicted molar refractivity (Wildman–Crippen MR) is 131 cm³/mol. The molecule has 0 aliphatic heterocycles. The Morgan fingerprint density at radius 3 is 2.36 bits per heavy atom. The molecule has 0 spiro atoms. The second-order valence-corrected chi connectivity index (χ2v) is 10.6. The van der Waals surface area contributed by atoms with Crippen LogP contribution in [0.25, 0.3) is 5.65 Å². The highest BCUT2D eigenvalue weighted by Crippen LogP contribution is 2.22. The number of hydrogen-bond acceptors (Lipinski definition) is 6. The molecule has 0 atom stereocenters. The van der Waals surface area contributed by atoms with Crippen LogP contribution in [0.5, 0.6) is 0 Å². The largest absolute Gasteiger partial charge is 0.338 e. The van der Waals surface area contributed by atoms with E-state index < -0.39 is 10.0 Å². The Bertz CT molecular complexity index is 1190. The monoisotopic (exact) mass is 489 g/mol. The molecule has 10 heteroatoms. The highest BCUT2D eigenvalue weighted by Gasteiger charge is 2.23. The molecule has 0 aliphatic rings. The number of hydrogen-bond donors (Lipinski definition) is 0. The molecule has 0 saturated carbocycles. The SMILES string of the molecule is CCCN(Cc1ccc(C)cc1)C(=O)CSc1nnc2ccc(S(=O)(=O)N(CC)CC)cn12. The average molecular weight is 490 g/mol. The van der Waals surface area contributed by atoms with Gasteiger partial charge in [-0.05, 0) is 31.0 Å². The highest BCUT2D eigenvalue weighted by molar-refractivity contribution is 7.99. The fraction of sp³-hybridized carbons (Fsp3) is 0.435. The molecule has 33 heavy (non-hydrogen) atoms. The number of pyridine rings is 1. The third kappa shape index (κ3) is 5.93. The summed E-state index contributed by atoms with van der Waals surface area (Å²) in [5.74, 6) is 0.200. The van der Waals surface area contributed by atoms with Gasteiger partial charge in [0.05, 0.1) is 10.6 Å². The van der Waals surface area contributed by atoms with Crippen molar-refractivity contribution in [3.63, 3.8) is 0 Å². The second-order valence-electron chi connectivity index (χ2n) is 7.75. The minimum absolute atomic E-state index is 0.00564. The van der Waals surface area contributed by atoms with E-state index in [2.05, 4.69) is 10.2 Å². The predicted octanol–water partition coefficient (Wildman–Crippen LogP) is 3.60. The summed E-state index contributed by atoms with van der Waals surface area (Å²) in [6.45, 7) is 9.71. The molecule has 8 nitrogen and oxygen atoms in total. The molecule has 3 aromatic rings. The van der Waals surface area contributed by atoms with Crippen molar-refractivity contribution in [1.82, 2.24) is 23.8 Å². The normalized spacial score (nSPS) is 11.9. The molecule has 0 radical (unpaired) electrons. The number of carbonyl (C=O) groups excluding carboxylic acids is 1. The minimum Gasteiger partial charge on any atom is -0.338 e. The molecule has 1 aromatic carbocycles. The summed E-state index contributed by atoms with van der Waals surface area (Å²) in [6.07, 6.45) is 2.40. The van der Waals surface area contributed by atoms with Gasteiger partial charge in [-0.15, -0.1) is 10.2 Å². The summed E-state index contributed by atoms with van der Waals surface area (Å²) >= 11 is 1.26. The van der Waals surface area contributed by atoms with Gasteiger partial charge in [0.25, 0.3) is 0 Å². The number of amides is 1. The van der Waals surface area contributed by atoms with Crippen molar-refractivity contribution in [3.8, 4) is 0 Å². The van der Waals surface area contributed by atoms with Gasteiger partial charge < -0.3 is 4.90 Å². The fourth-order valence-electron chi connectivity index (χ4n) is 3.51. The molecule has 0 N–H and O–H groups in total. The summed E-state index contributed by atoms with van der Waals surface area (Å²) in [7, 11) is -3.60. The van der Waals surface area contributed by atoms with Gasteiger partial charge in [0.2, 0.25) is 15.9 Å². The molecule has 178 valence electrons. The maximum absolute atomic E-state index is 13.0. The van der Waals surface area contributed by atoms with Crippen molar-refractivity contribution in [3.05, 3.63) is 53.7 Å². The number of benzene rings is 1. The van der Waals surface area contributed by atoms with E-state index in [0.717, 1.165) is 12.0 Å². The summed E-state index contributed by atoms with van der Waals surface area (Å²) in [6, 6.07) is 11.4. The van der Waals surface area contributed by atoms with Crippen LogP contribution in [0.3, 0.4) is 0 Å². The van der Waals surface area contributed by atoms with Crippen LogP contribution in [0, 0.1) is 6.92 Å². The molecule has 3 rings (SSSR count). The van der Waals surface area contributed by atoms with Crippen molar-refractivity contribution >= 4 is 33.3 Å². The Kier molecular flexibility index (Phi) is 8.50. The molecule has 0 fully saturated rings. The van der Waals surface area contributed by atoms with Crippen molar-refractivity contribution in [1.29, 1.82) is 0 Å². The lowest BCUT2D eigenvalue weighted by Crippen LogP contribution is -2.32. The van der Waals surface area contributed by atoms with E-state index in [0.29, 0.717) is 37.0 Å². The van der Waals surface area contributed by atoms with E-state index in [9.17, 15) is 13.2 Å². The van der Waals surface area contributed by atoms with E-state index in [4.69, 9.17) is 0 Å². The van der Waals surface area contributed by atoms with E-state index in [1.165, 1.54) is 27.8 Å². The van der Waals surface area contributed by atoms with E-state index in [1.807, 2.05) is 56.9 Å². The third-order valence-corrected chi connectivity index (χ3v) is 8.31. The van der Waals surface area contributed by atoms with Crippen LogP contribution in [-0.2, 0) is 21.4 Å².